The van der Waals surface area contributed by atoms with E-state index < -0.39 is 12.1 Å². The summed E-state index contributed by atoms with van der Waals surface area (Å²) in [4.78, 5) is 24.9. The zero-order valence-corrected chi connectivity index (χ0v) is 13.5. The number of piperidine rings is 1. The maximum atomic E-state index is 12.4. The monoisotopic (exact) mass is 321 g/mol. The first-order valence-electron chi connectivity index (χ1n) is 7.81. The van der Waals surface area contributed by atoms with E-state index in [1.165, 1.54) is 0 Å². The Bertz CT molecular complexity index is 534. The quantitative estimate of drug-likeness (QED) is 0.869. The molecule has 6 heteroatoms. The molecule has 0 saturated carbocycles. The van der Waals surface area contributed by atoms with Crippen LogP contribution in [0.25, 0.3) is 0 Å². The summed E-state index contributed by atoms with van der Waals surface area (Å²) in [7, 11) is 1.59. The summed E-state index contributed by atoms with van der Waals surface area (Å²) >= 11 is 0. The van der Waals surface area contributed by atoms with Crippen LogP contribution in [0.2, 0.25) is 0 Å². The Morgan fingerprint density at radius 1 is 1.22 bits per heavy atom. The molecule has 1 fully saturated rings. The predicted octanol–water partition coefficient (Wildman–Crippen LogP) is 2.18. The fourth-order valence-corrected chi connectivity index (χ4v) is 2.77. The summed E-state index contributed by atoms with van der Waals surface area (Å²) in [6, 6.07) is 7.09. The number of carbonyl (C=O) groups is 2. The number of benzene rings is 1. The number of aliphatic carboxylic acids is 1. The predicted molar refractivity (Wildman–Crippen MR) is 84.6 cm³/mol. The fraction of sp³-hybridized carbons (Fsp3) is 0.529. The van der Waals surface area contributed by atoms with Crippen LogP contribution in [0.5, 0.6) is 11.5 Å². The van der Waals surface area contributed by atoms with Crippen molar-refractivity contribution in [1.29, 1.82) is 0 Å². The van der Waals surface area contributed by atoms with Crippen LogP contribution in [0.4, 0.5) is 0 Å². The molecule has 1 amide bonds. The minimum atomic E-state index is -0.772. The summed E-state index contributed by atoms with van der Waals surface area (Å²) in [5.74, 6) is 0.680. The number of rotatable bonds is 6. The maximum absolute atomic E-state index is 12.4. The van der Waals surface area contributed by atoms with E-state index in [9.17, 15) is 9.59 Å². The van der Waals surface area contributed by atoms with Crippen LogP contribution >= 0.6 is 0 Å². The van der Waals surface area contributed by atoms with E-state index in [-0.39, 0.29) is 18.2 Å². The van der Waals surface area contributed by atoms with Gasteiger partial charge >= 0.3 is 5.97 Å². The van der Waals surface area contributed by atoms with E-state index in [1.54, 1.807) is 43.2 Å². The fourth-order valence-electron chi connectivity index (χ4n) is 2.77. The second kappa shape index (κ2) is 7.85. The van der Waals surface area contributed by atoms with Gasteiger partial charge in [0.2, 0.25) is 0 Å². The maximum Gasteiger partial charge on any atom is 0.303 e. The minimum Gasteiger partial charge on any atom is -0.497 e. The molecule has 1 atom stereocenters. The van der Waals surface area contributed by atoms with Gasteiger partial charge in [-0.15, -0.1) is 0 Å². The Kier molecular flexibility index (Phi) is 5.84. The van der Waals surface area contributed by atoms with Crippen molar-refractivity contribution >= 4 is 11.9 Å². The van der Waals surface area contributed by atoms with Gasteiger partial charge in [-0.3, -0.25) is 9.59 Å². The Labute approximate surface area is 136 Å². The summed E-state index contributed by atoms with van der Waals surface area (Å²) in [6.07, 6.45) is 1.07. The number of likely N-dealkylation sites (tertiary alicyclic amines) is 1. The van der Waals surface area contributed by atoms with Gasteiger partial charge in [-0.2, -0.15) is 0 Å². The van der Waals surface area contributed by atoms with Gasteiger partial charge in [0.1, 0.15) is 11.5 Å². The molecule has 1 heterocycles. The molecule has 1 saturated heterocycles. The number of carboxylic acids is 1. The Balaban J connectivity index is 1.84. The molecule has 1 aliphatic heterocycles. The molecule has 0 aromatic heterocycles. The molecule has 0 spiro atoms. The molecule has 0 aliphatic carbocycles. The zero-order chi connectivity index (χ0) is 16.8. The normalized spacial score (nSPS) is 16.7. The number of nitrogens with zero attached hydrogens (tertiary/aromatic N) is 1. The molecule has 6 nitrogen and oxygen atoms in total. The lowest BCUT2D eigenvalue weighted by Gasteiger charge is -2.33. The Morgan fingerprint density at radius 3 is 2.30 bits per heavy atom. The lowest BCUT2D eigenvalue weighted by molar-refractivity contribution is -0.140. The van der Waals surface area contributed by atoms with Crippen molar-refractivity contribution in [3.63, 3.8) is 0 Å². The molecular formula is C17H23NO5. The van der Waals surface area contributed by atoms with Gasteiger partial charge in [0, 0.05) is 19.5 Å². The third kappa shape index (κ3) is 4.87. The van der Waals surface area contributed by atoms with E-state index in [2.05, 4.69) is 0 Å². The van der Waals surface area contributed by atoms with Crippen molar-refractivity contribution in [3.8, 4) is 11.5 Å². The van der Waals surface area contributed by atoms with Crippen LogP contribution in [-0.4, -0.2) is 48.2 Å². The van der Waals surface area contributed by atoms with Crippen LogP contribution in [0.1, 0.15) is 26.2 Å². The highest BCUT2D eigenvalue weighted by molar-refractivity contribution is 5.81. The summed E-state index contributed by atoms with van der Waals surface area (Å²) in [5, 5.41) is 8.82. The van der Waals surface area contributed by atoms with Crippen molar-refractivity contribution in [2.75, 3.05) is 20.2 Å². The van der Waals surface area contributed by atoms with Crippen LogP contribution in [-0.2, 0) is 9.59 Å². The zero-order valence-electron chi connectivity index (χ0n) is 13.5. The molecular weight excluding hydrogens is 298 g/mol. The molecule has 126 valence electrons. The first-order chi connectivity index (χ1) is 11.0. The van der Waals surface area contributed by atoms with Crippen LogP contribution in [0.15, 0.2) is 24.3 Å². The van der Waals surface area contributed by atoms with Gasteiger partial charge < -0.3 is 19.5 Å². The van der Waals surface area contributed by atoms with E-state index in [4.69, 9.17) is 14.6 Å². The average Bonchev–Trinajstić information content (AvgIpc) is 2.55. The van der Waals surface area contributed by atoms with E-state index in [0.29, 0.717) is 18.8 Å². The second-order valence-corrected chi connectivity index (χ2v) is 5.80. The van der Waals surface area contributed by atoms with Gasteiger partial charge in [-0.05, 0) is 49.9 Å². The highest BCUT2D eigenvalue weighted by atomic mass is 16.5. The van der Waals surface area contributed by atoms with Crippen molar-refractivity contribution in [3.05, 3.63) is 24.3 Å². The van der Waals surface area contributed by atoms with Crippen LogP contribution < -0.4 is 9.47 Å². The Hall–Kier alpha value is -2.24. The van der Waals surface area contributed by atoms with Crippen LogP contribution in [0.3, 0.4) is 0 Å². The standard InChI is InChI=1S/C17H23NO5/c1-12(23-15-5-3-14(22-2)4-6-15)17(21)18-9-7-13(8-10-18)11-16(19)20/h3-6,12-13H,7-11H2,1-2H3,(H,19,20). The van der Waals surface area contributed by atoms with Crippen molar-refractivity contribution in [2.24, 2.45) is 5.92 Å². The summed E-state index contributed by atoms with van der Waals surface area (Å²) < 4.78 is 10.8. The minimum absolute atomic E-state index is 0.0606. The van der Waals surface area contributed by atoms with Gasteiger partial charge in [0.15, 0.2) is 6.10 Å². The number of ether oxygens (including phenoxy) is 2. The topological polar surface area (TPSA) is 76.1 Å². The number of carbonyl (C=O) groups excluding carboxylic acids is 1. The Morgan fingerprint density at radius 2 is 1.78 bits per heavy atom. The summed E-state index contributed by atoms with van der Waals surface area (Å²) in [5.41, 5.74) is 0. The SMILES string of the molecule is COc1ccc(OC(C)C(=O)N2CCC(CC(=O)O)CC2)cc1. The van der Waals surface area contributed by atoms with E-state index in [0.717, 1.165) is 18.6 Å². The number of amides is 1. The lowest BCUT2D eigenvalue weighted by Crippen LogP contribution is -2.45. The molecule has 0 radical (unpaired) electrons. The molecule has 1 aromatic rings. The van der Waals surface area contributed by atoms with Gasteiger partial charge in [-0.25, -0.2) is 0 Å². The third-order valence-corrected chi connectivity index (χ3v) is 4.11. The highest BCUT2D eigenvalue weighted by Crippen LogP contribution is 2.22. The number of methoxy groups -OCH3 is 1. The first-order valence-corrected chi connectivity index (χ1v) is 7.81. The van der Waals surface area contributed by atoms with Crippen molar-refractivity contribution < 1.29 is 24.2 Å². The first kappa shape index (κ1) is 17.1. The average molecular weight is 321 g/mol. The molecule has 1 N–H and O–H groups in total. The van der Waals surface area contributed by atoms with Crippen molar-refractivity contribution in [1.82, 2.24) is 4.90 Å². The lowest BCUT2D eigenvalue weighted by atomic mass is 9.93. The number of carboxylic acid groups (broad SMARTS) is 1. The molecule has 1 aromatic carbocycles. The smallest absolute Gasteiger partial charge is 0.303 e. The molecule has 23 heavy (non-hydrogen) atoms. The molecule has 2 rings (SSSR count). The largest absolute Gasteiger partial charge is 0.497 e. The van der Waals surface area contributed by atoms with E-state index in [1.807, 2.05) is 0 Å². The number of hydrogen-bond donors (Lipinski definition) is 1. The molecule has 1 unspecified atom stereocenters. The van der Waals surface area contributed by atoms with Gasteiger partial charge in [0.05, 0.1) is 7.11 Å². The highest BCUT2D eigenvalue weighted by Gasteiger charge is 2.27. The summed E-state index contributed by atoms with van der Waals surface area (Å²) in [6.45, 7) is 2.91. The van der Waals surface area contributed by atoms with Crippen LogP contribution in [0, 0.1) is 5.92 Å². The molecule has 0 bridgehead atoms. The van der Waals surface area contributed by atoms with Gasteiger partial charge in [-0.1, -0.05) is 0 Å². The molecule has 1 aliphatic rings. The second-order valence-electron chi connectivity index (χ2n) is 5.80. The number of hydrogen-bond acceptors (Lipinski definition) is 4. The van der Waals surface area contributed by atoms with Crippen molar-refractivity contribution in [2.45, 2.75) is 32.3 Å². The van der Waals surface area contributed by atoms with E-state index >= 15 is 0 Å². The van der Waals surface area contributed by atoms with Gasteiger partial charge in [0.25, 0.3) is 5.91 Å². The third-order valence-electron chi connectivity index (χ3n) is 4.11.